The number of para-hydroxylation sites is 1. The molecule has 0 atom stereocenters. The molecule has 4 aromatic carbocycles. The molecule has 0 saturated heterocycles. The van der Waals surface area contributed by atoms with Gasteiger partial charge < -0.3 is 25.6 Å². The highest BCUT2D eigenvalue weighted by molar-refractivity contribution is 6.37. The molecule has 2 aliphatic heterocycles. The Labute approximate surface area is 237 Å². The summed E-state index contributed by atoms with van der Waals surface area (Å²) in [5.74, 6) is -0.731. The molecular weight excluding hydrogens is 516 g/mol. The summed E-state index contributed by atoms with van der Waals surface area (Å²) in [6.07, 6.45) is 0.735. The van der Waals surface area contributed by atoms with E-state index in [1.54, 1.807) is 18.2 Å². The molecule has 0 radical (unpaired) electrons. The second-order valence-corrected chi connectivity index (χ2v) is 9.81. The van der Waals surface area contributed by atoms with Crippen molar-refractivity contribution in [2.75, 3.05) is 41.0 Å². The molecule has 204 valence electrons. The average Bonchev–Trinajstić information content (AvgIpc) is 3.58. The molecule has 4 aromatic rings. The fourth-order valence-electron chi connectivity index (χ4n) is 5.26. The maximum Gasteiger partial charge on any atom is 0.337 e. The highest BCUT2D eigenvalue weighted by Crippen LogP contribution is 2.39. The normalized spacial score (nSPS) is 14.6. The van der Waals surface area contributed by atoms with E-state index in [-0.39, 0.29) is 18.4 Å². The molecule has 0 aromatic heterocycles. The van der Waals surface area contributed by atoms with Gasteiger partial charge in [0.2, 0.25) is 5.91 Å². The quantitative estimate of drug-likeness (QED) is 0.213. The van der Waals surface area contributed by atoms with E-state index in [0.717, 1.165) is 34.6 Å². The standard InChI is InChI=1S/C33H28N4O4/c1-41-33(40)23-12-14-26-27(19-23)36-32(39)30(26)31(21-8-4-2-5-9-21)35-25-13-15-28-22(18-25)16-17-37(28)29(38)20-34-24-10-6-3-7-11-24/h2-15,18-19,34-35H,16-17,20H2,1H3,(H,36,39)/b31-30-. The van der Waals surface area contributed by atoms with Crippen molar-refractivity contribution in [3.8, 4) is 0 Å². The number of rotatable bonds is 7. The Bertz CT molecular complexity index is 1680. The number of hydrogen-bond donors (Lipinski definition) is 3. The number of methoxy groups -OCH3 is 1. The van der Waals surface area contributed by atoms with Gasteiger partial charge in [-0.25, -0.2) is 4.79 Å². The van der Waals surface area contributed by atoms with Crippen LogP contribution in [0.25, 0.3) is 11.3 Å². The predicted molar refractivity (Wildman–Crippen MR) is 161 cm³/mol. The van der Waals surface area contributed by atoms with Gasteiger partial charge in [-0.1, -0.05) is 54.6 Å². The molecule has 0 unspecified atom stereocenters. The van der Waals surface area contributed by atoms with Crippen LogP contribution in [-0.4, -0.2) is 38.0 Å². The van der Waals surface area contributed by atoms with Crippen LogP contribution in [0, 0.1) is 0 Å². The first-order valence-corrected chi connectivity index (χ1v) is 13.3. The van der Waals surface area contributed by atoms with Crippen LogP contribution in [0.2, 0.25) is 0 Å². The zero-order valence-corrected chi connectivity index (χ0v) is 22.4. The maximum atomic E-state index is 13.3. The van der Waals surface area contributed by atoms with Crippen LogP contribution in [0.3, 0.4) is 0 Å². The van der Waals surface area contributed by atoms with Crippen LogP contribution < -0.4 is 20.9 Å². The van der Waals surface area contributed by atoms with Gasteiger partial charge in [0.25, 0.3) is 5.91 Å². The lowest BCUT2D eigenvalue weighted by Gasteiger charge is -2.19. The number of nitrogens with zero attached hydrogens (tertiary/aromatic N) is 1. The summed E-state index contributed by atoms with van der Waals surface area (Å²) in [7, 11) is 1.32. The zero-order valence-electron chi connectivity index (χ0n) is 22.4. The van der Waals surface area contributed by atoms with Crippen molar-refractivity contribution in [2.24, 2.45) is 0 Å². The van der Waals surface area contributed by atoms with Crippen molar-refractivity contribution in [3.05, 3.63) is 119 Å². The minimum absolute atomic E-state index is 0.00552. The van der Waals surface area contributed by atoms with Crippen molar-refractivity contribution in [2.45, 2.75) is 6.42 Å². The minimum atomic E-state index is -0.470. The van der Waals surface area contributed by atoms with Crippen LogP contribution in [0.4, 0.5) is 22.7 Å². The molecule has 8 heteroatoms. The molecular formula is C33H28N4O4. The predicted octanol–water partition coefficient (Wildman–Crippen LogP) is 5.41. The number of anilines is 4. The summed E-state index contributed by atoms with van der Waals surface area (Å²) in [4.78, 5) is 40.1. The van der Waals surface area contributed by atoms with Crippen molar-refractivity contribution in [1.29, 1.82) is 0 Å². The van der Waals surface area contributed by atoms with Gasteiger partial charge in [-0.3, -0.25) is 9.59 Å². The third-order valence-corrected chi connectivity index (χ3v) is 7.26. The fourth-order valence-corrected chi connectivity index (χ4v) is 5.26. The van der Waals surface area contributed by atoms with E-state index >= 15 is 0 Å². The van der Waals surface area contributed by atoms with Gasteiger partial charge >= 0.3 is 5.97 Å². The molecule has 6 rings (SSSR count). The van der Waals surface area contributed by atoms with E-state index in [2.05, 4.69) is 16.0 Å². The second-order valence-electron chi connectivity index (χ2n) is 9.81. The minimum Gasteiger partial charge on any atom is -0.465 e. The number of benzene rings is 4. The van der Waals surface area contributed by atoms with Gasteiger partial charge in [0.1, 0.15) is 0 Å². The number of ether oxygens (including phenoxy) is 1. The zero-order chi connectivity index (χ0) is 28.3. The van der Waals surface area contributed by atoms with Gasteiger partial charge in [0.05, 0.1) is 36.2 Å². The van der Waals surface area contributed by atoms with Crippen molar-refractivity contribution >= 4 is 51.8 Å². The number of amides is 2. The monoisotopic (exact) mass is 544 g/mol. The first kappa shape index (κ1) is 25.9. The van der Waals surface area contributed by atoms with Gasteiger partial charge in [-0.15, -0.1) is 0 Å². The van der Waals surface area contributed by atoms with E-state index in [1.165, 1.54) is 7.11 Å². The summed E-state index contributed by atoms with van der Waals surface area (Å²) < 4.78 is 4.83. The Kier molecular flexibility index (Phi) is 6.95. The molecule has 0 aliphatic carbocycles. The van der Waals surface area contributed by atoms with E-state index in [0.29, 0.717) is 34.6 Å². The molecule has 2 heterocycles. The topological polar surface area (TPSA) is 99.8 Å². The van der Waals surface area contributed by atoms with Crippen LogP contribution in [0.1, 0.15) is 27.0 Å². The van der Waals surface area contributed by atoms with Gasteiger partial charge in [-0.05, 0) is 60.0 Å². The fraction of sp³-hybridized carbons (Fsp3) is 0.121. The molecule has 0 saturated carbocycles. The van der Waals surface area contributed by atoms with Crippen LogP contribution in [-0.2, 0) is 20.7 Å². The van der Waals surface area contributed by atoms with Crippen LogP contribution >= 0.6 is 0 Å². The third-order valence-electron chi connectivity index (χ3n) is 7.26. The molecule has 0 bridgehead atoms. The number of esters is 1. The first-order chi connectivity index (χ1) is 20.0. The largest absolute Gasteiger partial charge is 0.465 e. The molecule has 8 nitrogen and oxygen atoms in total. The van der Waals surface area contributed by atoms with E-state index in [9.17, 15) is 14.4 Å². The van der Waals surface area contributed by atoms with Crippen molar-refractivity contribution in [3.63, 3.8) is 0 Å². The summed E-state index contributed by atoms with van der Waals surface area (Å²) >= 11 is 0. The molecule has 2 aliphatic rings. The molecule has 41 heavy (non-hydrogen) atoms. The lowest BCUT2D eigenvalue weighted by molar-refractivity contribution is -0.117. The number of nitrogens with one attached hydrogen (secondary N) is 3. The Morgan fingerprint density at radius 2 is 1.63 bits per heavy atom. The lowest BCUT2D eigenvalue weighted by atomic mass is 9.99. The highest BCUT2D eigenvalue weighted by atomic mass is 16.5. The molecule has 0 spiro atoms. The van der Waals surface area contributed by atoms with Gasteiger partial charge in [0.15, 0.2) is 0 Å². The Morgan fingerprint density at radius 1 is 0.878 bits per heavy atom. The number of carbonyl (C=O) groups is 3. The number of hydrogen-bond acceptors (Lipinski definition) is 6. The smallest absolute Gasteiger partial charge is 0.337 e. The molecule has 3 N–H and O–H groups in total. The summed E-state index contributed by atoms with van der Waals surface area (Å²) in [6.45, 7) is 0.818. The van der Waals surface area contributed by atoms with Crippen LogP contribution in [0.15, 0.2) is 97.1 Å². The van der Waals surface area contributed by atoms with Gasteiger partial charge in [-0.2, -0.15) is 0 Å². The number of fused-ring (bicyclic) bond motifs is 2. The Hall–Kier alpha value is -5.37. The maximum absolute atomic E-state index is 13.3. The summed E-state index contributed by atoms with van der Waals surface area (Å²) in [5, 5.41) is 9.57. The average molecular weight is 545 g/mol. The van der Waals surface area contributed by atoms with E-state index < -0.39 is 5.97 Å². The first-order valence-electron chi connectivity index (χ1n) is 13.3. The Balaban J connectivity index is 1.30. The van der Waals surface area contributed by atoms with E-state index in [4.69, 9.17) is 4.74 Å². The SMILES string of the molecule is COC(=O)c1ccc2c(c1)NC(=O)/C2=C(\Nc1ccc2c(c1)CCN2C(=O)CNc1ccccc1)c1ccccc1. The van der Waals surface area contributed by atoms with Crippen molar-refractivity contribution in [1.82, 2.24) is 0 Å². The van der Waals surface area contributed by atoms with Crippen LogP contribution in [0.5, 0.6) is 0 Å². The Morgan fingerprint density at radius 3 is 2.39 bits per heavy atom. The van der Waals surface area contributed by atoms with E-state index in [1.807, 2.05) is 83.8 Å². The third kappa shape index (κ3) is 5.15. The molecule has 2 amide bonds. The highest BCUT2D eigenvalue weighted by Gasteiger charge is 2.30. The van der Waals surface area contributed by atoms with Crippen molar-refractivity contribution < 1.29 is 19.1 Å². The summed E-state index contributed by atoms with van der Waals surface area (Å²) in [6, 6.07) is 30.2. The molecule has 0 fully saturated rings. The number of carbonyl (C=O) groups excluding carboxylic acids is 3. The lowest BCUT2D eigenvalue weighted by Crippen LogP contribution is -2.34. The second kappa shape index (κ2) is 11.0. The summed E-state index contributed by atoms with van der Waals surface area (Å²) in [5.41, 5.74) is 7.22. The van der Waals surface area contributed by atoms with Gasteiger partial charge in [0, 0.05) is 29.2 Å².